The molecule has 0 N–H and O–H groups in total. The third kappa shape index (κ3) is 2.53. The number of carbonyl (C=O) groups is 1. The van der Waals surface area contributed by atoms with E-state index in [0.29, 0.717) is 6.61 Å². The average Bonchev–Trinajstić information content (AvgIpc) is 1.99. The highest BCUT2D eigenvalue weighted by Crippen LogP contribution is 2.51. The van der Waals surface area contributed by atoms with Gasteiger partial charge in [0, 0.05) is 0 Å². The van der Waals surface area contributed by atoms with Crippen molar-refractivity contribution in [1.29, 1.82) is 0 Å². The van der Waals surface area contributed by atoms with Crippen LogP contribution >= 0.6 is 0 Å². The van der Waals surface area contributed by atoms with Gasteiger partial charge in [-0.25, -0.2) is 0 Å². The molecule has 0 aliphatic carbocycles. The smallest absolute Gasteiger partial charge is 0.312 e. The molecule has 0 bridgehead atoms. The summed E-state index contributed by atoms with van der Waals surface area (Å²) in [5.41, 5.74) is -0.703. The van der Waals surface area contributed by atoms with Crippen molar-refractivity contribution in [3.63, 3.8) is 0 Å². The molecule has 0 fully saturated rings. The standard InChI is InChI=1S/C13H26O2/c1-9-15-10(14)13(8,11(2,3)4)12(5,6)7/h9H2,1-8H3. The normalized spacial score (nSPS) is 13.9. The van der Waals surface area contributed by atoms with Gasteiger partial charge in [-0.05, 0) is 24.7 Å². The summed E-state index contributed by atoms with van der Waals surface area (Å²) >= 11 is 0. The molecule has 0 aromatic heterocycles. The SMILES string of the molecule is CCOC(=O)C(C)(C(C)(C)C)C(C)(C)C. The number of hydrogen-bond acceptors (Lipinski definition) is 2. The molecule has 0 atom stereocenters. The van der Waals surface area contributed by atoms with Gasteiger partial charge in [-0.15, -0.1) is 0 Å². The van der Waals surface area contributed by atoms with Crippen molar-refractivity contribution in [2.24, 2.45) is 16.2 Å². The lowest BCUT2D eigenvalue weighted by molar-refractivity contribution is -0.172. The lowest BCUT2D eigenvalue weighted by Crippen LogP contribution is -2.50. The fourth-order valence-corrected chi connectivity index (χ4v) is 2.01. The monoisotopic (exact) mass is 214 g/mol. The molecule has 0 heterocycles. The van der Waals surface area contributed by atoms with E-state index in [0.717, 1.165) is 0 Å². The van der Waals surface area contributed by atoms with E-state index >= 15 is 0 Å². The maximum Gasteiger partial charge on any atom is 0.312 e. The summed E-state index contributed by atoms with van der Waals surface area (Å²) in [7, 11) is 0. The minimum absolute atomic E-state index is 0.0926. The van der Waals surface area contributed by atoms with E-state index < -0.39 is 5.41 Å². The second-order valence-corrected chi connectivity index (χ2v) is 6.35. The maximum absolute atomic E-state index is 12.1. The fraction of sp³-hybridized carbons (Fsp3) is 0.923. The van der Waals surface area contributed by atoms with Crippen molar-refractivity contribution >= 4 is 5.97 Å². The zero-order chi connectivity index (χ0) is 12.5. The Morgan fingerprint density at radius 2 is 1.27 bits per heavy atom. The van der Waals surface area contributed by atoms with E-state index in [1.54, 1.807) is 0 Å². The number of esters is 1. The number of ether oxygens (including phenoxy) is 1. The van der Waals surface area contributed by atoms with E-state index in [-0.39, 0.29) is 16.8 Å². The highest BCUT2D eigenvalue weighted by Gasteiger charge is 2.53. The van der Waals surface area contributed by atoms with Crippen molar-refractivity contribution in [2.45, 2.75) is 55.4 Å². The van der Waals surface area contributed by atoms with E-state index in [4.69, 9.17) is 4.74 Å². The van der Waals surface area contributed by atoms with E-state index in [2.05, 4.69) is 41.5 Å². The Labute approximate surface area is 94.4 Å². The molecular formula is C13H26O2. The van der Waals surface area contributed by atoms with Gasteiger partial charge in [0.05, 0.1) is 12.0 Å². The number of rotatable bonds is 2. The Kier molecular flexibility index (Phi) is 4.00. The predicted molar refractivity (Wildman–Crippen MR) is 63.7 cm³/mol. The first kappa shape index (κ1) is 14.5. The van der Waals surface area contributed by atoms with Gasteiger partial charge in [0.1, 0.15) is 0 Å². The van der Waals surface area contributed by atoms with Crippen LogP contribution in [0.5, 0.6) is 0 Å². The van der Waals surface area contributed by atoms with Crippen LogP contribution in [0.2, 0.25) is 0 Å². The van der Waals surface area contributed by atoms with Gasteiger partial charge in [-0.3, -0.25) is 4.79 Å². The minimum Gasteiger partial charge on any atom is -0.466 e. The van der Waals surface area contributed by atoms with Crippen LogP contribution in [0.3, 0.4) is 0 Å². The molecule has 15 heavy (non-hydrogen) atoms. The van der Waals surface area contributed by atoms with Crippen molar-refractivity contribution in [1.82, 2.24) is 0 Å². The maximum atomic E-state index is 12.1. The van der Waals surface area contributed by atoms with Crippen LogP contribution in [0.15, 0.2) is 0 Å². The molecular weight excluding hydrogens is 188 g/mol. The van der Waals surface area contributed by atoms with Gasteiger partial charge in [-0.1, -0.05) is 41.5 Å². The van der Waals surface area contributed by atoms with E-state index in [1.165, 1.54) is 0 Å². The molecule has 0 saturated carbocycles. The van der Waals surface area contributed by atoms with Crippen molar-refractivity contribution in [2.75, 3.05) is 6.61 Å². The van der Waals surface area contributed by atoms with Crippen LogP contribution in [-0.4, -0.2) is 12.6 Å². The summed E-state index contributed by atoms with van der Waals surface area (Å²) in [4.78, 5) is 12.1. The molecule has 0 aliphatic heterocycles. The molecule has 0 aromatic rings. The fourth-order valence-electron chi connectivity index (χ4n) is 2.01. The predicted octanol–water partition coefficient (Wildman–Crippen LogP) is 3.65. The molecule has 0 spiro atoms. The quantitative estimate of drug-likeness (QED) is 0.656. The summed E-state index contributed by atoms with van der Waals surface area (Å²) in [6.45, 7) is 16.9. The van der Waals surface area contributed by atoms with Crippen LogP contribution in [0.4, 0.5) is 0 Å². The first-order valence-corrected chi connectivity index (χ1v) is 5.65. The van der Waals surface area contributed by atoms with Gasteiger partial charge in [0.25, 0.3) is 0 Å². The summed E-state index contributed by atoms with van der Waals surface area (Å²) in [6.07, 6.45) is 0. The highest BCUT2D eigenvalue weighted by molar-refractivity contribution is 5.78. The van der Waals surface area contributed by atoms with E-state index in [9.17, 15) is 4.79 Å². The molecule has 0 amide bonds. The minimum atomic E-state index is -0.476. The topological polar surface area (TPSA) is 26.3 Å². The number of hydrogen-bond donors (Lipinski definition) is 0. The molecule has 0 rings (SSSR count). The second-order valence-electron chi connectivity index (χ2n) is 6.35. The molecule has 0 radical (unpaired) electrons. The lowest BCUT2D eigenvalue weighted by atomic mass is 9.55. The second kappa shape index (κ2) is 4.15. The Morgan fingerprint density at radius 3 is 1.47 bits per heavy atom. The highest BCUT2D eigenvalue weighted by atomic mass is 16.5. The zero-order valence-corrected chi connectivity index (χ0v) is 11.5. The molecule has 2 heteroatoms. The summed E-state index contributed by atoms with van der Waals surface area (Å²) in [6, 6.07) is 0. The molecule has 0 aromatic carbocycles. The molecule has 0 unspecified atom stereocenters. The van der Waals surface area contributed by atoms with Crippen molar-refractivity contribution in [3.8, 4) is 0 Å². The molecule has 0 saturated heterocycles. The van der Waals surface area contributed by atoms with Crippen LogP contribution < -0.4 is 0 Å². The first-order valence-electron chi connectivity index (χ1n) is 5.65. The zero-order valence-electron chi connectivity index (χ0n) is 11.5. The van der Waals surface area contributed by atoms with Gasteiger partial charge in [-0.2, -0.15) is 0 Å². The molecule has 90 valence electrons. The van der Waals surface area contributed by atoms with Crippen molar-refractivity contribution < 1.29 is 9.53 Å². The Balaban J connectivity index is 5.33. The van der Waals surface area contributed by atoms with Crippen LogP contribution in [0, 0.1) is 16.2 Å². The van der Waals surface area contributed by atoms with Crippen LogP contribution in [0.1, 0.15) is 55.4 Å². The summed E-state index contributed by atoms with van der Waals surface area (Å²) in [5, 5.41) is 0. The van der Waals surface area contributed by atoms with Gasteiger partial charge in [0.15, 0.2) is 0 Å². The Morgan fingerprint density at radius 1 is 0.933 bits per heavy atom. The summed E-state index contributed by atoms with van der Waals surface area (Å²) < 4.78 is 5.22. The third-order valence-electron chi connectivity index (χ3n) is 3.68. The Hall–Kier alpha value is -0.530. The van der Waals surface area contributed by atoms with Gasteiger partial charge in [0.2, 0.25) is 0 Å². The average molecular weight is 214 g/mol. The van der Waals surface area contributed by atoms with E-state index in [1.807, 2.05) is 13.8 Å². The summed E-state index contributed by atoms with van der Waals surface area (Å²) in [5.74, 6) is -0.0926. The van der Waals surface area contributed by atoms with Gasteiger partial charge < -0.3 is 4.74 Å². The van der Waals surface area contributed by atoms with Crippen molar-refractivity contribution in [3.05, 3.63) is 0 Å². The largest absolute Gasteiger partial charge is 0.466 e. The molecule has 2 nitrogen and oxygen atoms in total. The van der Waals surface area contributed by atoms with Gasteiger partial charge >= 0.3 is 5.97 Å². The Bertz CT molecular complexity index is 214. The van der Waals surface area contributed by atoms with Crippen LogP contribution in [0.25, 0.3) is 0 Å². The van der Waals surface area contributed by atoms with Crippen LogP contribution in [-0.2, 0) is 9.53 Å². The first-order chi connectivity index (χ1) is 6.48. The molecule has 0 aliphatic rings. The number of carbonyl (C=O) groups excluding carboxylic acids is 1. The lowest BCUT2D eigenvalue weighted by Gasteiger charge is -2.48. The third-order valence-corrected chi connectivity index (χ3v) is 3.68.